The van der Waals surface area contributed by atoms with Gasteiger partial charge in [-0.3, -0.25) is 0 Å². The molecule has 118 valence electrons. The molecule has 0 aromatic heterocycles. The van der Waals surface area contributed by atoms with E-state index >= 15 is 0 Å². The second-order valence-corrected chi connectivity index (χ2v) is 4.94. The van der Waals surface area contributed by atoms with Crippen molar-refractivity contribution in [1.82, 2.24) is 0 Å². The van der Waals surface area contributed by atoms with E-state index < -0.39 is 23.5 Å². The highest BCUT2D eigenvalue weighted by molar-refractivity contribution is 6.33. The van der Waals surface area contributed by atoms with Gasteiger partial charge in [-0.25, -0.2) is 0 Å². The van der Waals surface area contributed by atoms with Crippen LogP contribution in [0.4, 0.5) is 32.0 Å². The van der Waals surface area contributed by atoms with Crippen molar-refractivity contribution < 1.29 is 26.3 Å². The molecule has 22 heavy (non-hydrogen) atoms. The summed E-state index contributed by atoms with van der Waals surface area (Å²) < 4.78 is 76.8. The van der Waals surface area contributed by atoms with Crippen LogP contribution in [0.15, 0.2) is 36.4 Å². The Kier molecular flexibility index (Phi) is 4.04. The van der Waals surface area contributed by atoms with Gasteiger partial charge in [-0.15, -0.1) is 0 Å². The second-order valence-electron chi connectivity index (χ2n) is 4.53. The molecular weight excluding hydrogens is 332 g/mol. The standard InChI is InChI=1S/C14H8ClF6N/c15-12-6-10(22)1-2-11(12)7-3-8(13(16,17)18)5-9(4-7)14(19,20)21/h1-6H,22H2. The van der Waals surface area contributed by atoms with Gasteiger partial charge in [-0.05, 0) is 35.9 Å². The predicted octanol–water partition coefficient (Wildman–Crippen LogP) is 5.63. The molecule has 2 aromatic carbocycles. The predicted molar refractivity (Wildman–Crippen MR) is 71.3 cm³/mol. The van der Waals surface area contributed by atoms with Crippen LogP contribution in [0.25, 0.3) is 11.1 Å². The summed E-state index contributed by atoms with van der Waals surface area (Å²) in [6.07, 6.45) is -9.81. The fourth-order valence-electron chi connectivity index (χ4n) is 1.88. The number of hydrogen-bond donors (Lipinski definition) is 1. The second kappa shape index (κ2) is 5.39. The van der Waals surface area contributed by atoms with Gasteiger partial charge < -0.3 is 5.73 Å². The zero-order valence-electron chi connectivity index (χ0n) is 10.7. The highest BCUT2D eigenvalue weighted by Crippen LogP contribution is 2.40. The van der Waals surface area contributed by atoms with Gasteiger partial charge in [0, 0.05) is 11.3 Å². The Morgan fingerprint density at radius 1 is 0.773 bits per heavy atom. The van der Waals surface area contributed by atoms with E-state index in [1.807, 2.05) is 0 Å². The Labute approximate surface area is 126 Å². The lowest BCUT2D eigenvalue weighted by Crippen LogP contribution is -2.11. The topological polar surface area (TPSA) is 26.0 Å². The lowest BCUT2D eigenvalue weighted by molar-refractivity contribution is -0.143. The minimum atomic E-state index is -4.91. The molecule has 1 nitrogen and oxygen atoms in total. The summed E-state index contributed by atoms with van der Waals surface area (Å²) in [6, 6.07) is 5.17. The number of anilines is 1. The average Bonchev–Trinajstić information content (AvgIpc) is 2.36. The maximum absolute atomic E-state index is 12.8. The Morgan fingerprint density at radius 2 is 1.27 bits per heavy atom. The highest BCUT2D eigenvalue weighted by atomic mass is 35.5. The highest BCUT2D eigenvalue weighted by Gasteiger charge is 2.37. The molecule has 0 spiro atoms. The smallest absolute Gasteiger partial charge is 0.399 e. The van der Waals surface area contributed by atoms with Crippen molar-refractivity contribution in [3.63, 3.8) is 0 Å². The minimum absolute atomic E-state index is 0.0347. The molecule has 0 radical (unpaired) electrons. The molecule has 0 bridgehead atoms. The first-order chi connectivity index (χ1) is 9.98. The third-order valence-corrected chi connectivity index (χ3v) is 3.20. The van der Waals surface area contributed by atoms with Gasteiger partial charge in [-0.1, -0.05) is 17.7 Å². The molecule has 2 rings (SSSR count). The van der Waals surface area contributed by atoms with Crippen molar-refractivity contribution in [3.8, 4) is 11.1 Å². The molecule has 0 heterocycles. The number of nitrogens with two attached hydrogens (primary N) is 1. The fraction of sp³-hybridized carbons (Fsp3) is 0.143. The lowest BCUT2D eigenvalue weighted by Gasteiger charge is -2.15. The van der Waals surface area contributed by atoms with Crippen molar-refractivity contribution in [2.75, 3.05) is 5.73 Å². The molecule has 2 N–H and O–H groups in total. The Balaban J connectivity index is 2.70. The lowest BCUT2D eigenvalue weighted by atomic mass is 9.99. The number of alkyl halides is 6. The van der Waals surface area contributed by atoms with Crippen molar-refractivity contribution in [1.29, 1.82) is 0 Å². The SMILES string of the molecule is Nc1ccc(-c2cc(C(F)(F)F)cc(C(F)(F)F)c2)c(Cl)c1. The molecule has 2 aromatic rings. The summed E-state index contributed by atoms with van der Waals surface area (Å²) >= 11 is 5.85. The molecular formula is C14H8ClF6N. The fourth-order valence-corrected chi connectivity index (χ4v) is 2.17. The minimum Gasteiger partial charge on any atom is -0.399 e. The summed E-state index contributed by atoms with van der Waals surface area (Å²) in [4.78, 5) is 0. The van der Waals surface area contributed by atoms with E-state index in [0.717, 1.165) is 0 Å². The van der Waals surface area contributed by atoms with Crippen LogP contribution in [0.1, 0.15) is 11.1 Å². The monoisotopic (exact) mass is 339 g/mol. The van der Waals surface area contributed by atoms with E-state index in [-0.39, 0.29) is 27.9 Å². The van der Waals surface area contributed by atoms with Gasteiger partial charge >= 0.3 is 12.4 Å². The van der Waals surface area contributed by atoms with Crippen molar-refractivity contribution in [3.05, 3.63) is 52.5 Å². The average molecular weight is 340 g/mol. The summed E-state index contributed by atoms with van der Waals surface area (Å²) in [5, 5.41) is -0.0348. The van der Waals surface area contributed by atoms with Crippen LogP contribution in [-0.2, 0) is 12.4 Å². The summed E-state index contributed by atoms with van der Waals surface area (Å²) in [5.74, 6) is 0. The van der Waals surface area contributed by atoms with E-state index in [1.165, 1.54) is 18.2 Å². The summed E-state index contributed by atoms with van der Waals surface area (Å²) in [6.45, 7) is 0. The van der Waals surface area contributed by atoms with Gasteiger partial charge in [-0.2, -0.15) is 26.3 Å². The molecule has 0 saturated heterocycles. The van der Waals surface area contributed by atoms with Crippen molar-refractivity contribution in [2.45, 2.75) is 12.4 Å². The first-order valence-corrected chi connectivity index (χ1v) is 6.21. The van der Waals surface area contributed by atoms with Gasteiger partial charge in [0.2, 0.25) is 0 Å². The maximum Gasteiger partial charge on any atom is 0.416 e. The third kappa shape index (κ3) is 3.47. The van der Waals surface area contributed by atoms with E-state index in [4.69, 9.17) is 17.3 Å². The molecule has 0 aliphatic heterocycles. The third-order valence-electron chi connectivity index (χ3n) is 2.89. The van der Waals surface area contributed by atoms with Gasteiger partial charge in [0.1, 0.15) is 0 Å². The van der Waals surface area contributed by atoms with Crippen LogP contribution in [0, 0.1) is 0 Å². The van der Waals surface area contributed by atoms with Crippen LogP contribution in [0.5, 0.6) is 0 Å². The molecule has 8 heteroatoms. The van der Waals surface area contributed by atoms with E-state index in [9.17, 15) is 26.3 Å². The van der Waals surface area contributed by atoms with Crippen molar-refractivity contribution in [2.24, 2.45) is 0 Å². The number of hydrogen-bond acceptors (Lipinski definition) is 1. The number of rotatable bonds is 1. The number of halogens is 7. The van der Waals surface area contributed by atoms with Gasteiger partial charge in [0.05, 0.1) is 16.1 Å². The van der Waals surface area contributed by atoms with Crippen LogP contribution in [-0.4, -0.2) is 0 Å². The van der Waals surface area contributed by atoms with Crippen LogP contribution in [0.3, 0.4) is 0 Å². The van der Waals surface area contributed by atoms with Crippen molar-refractivity contribution >= 4 is 17.3 Å². The molecule has 0 atom stereocenters. The number of nitrogen functional groups attached to an aromatic ring is 1. The Morgan fingerprint density at radius 3 is 1.68 bits per heavy atom. The van der Waals surface area contributed by atoms with E-state index in [0.29, 0.717) is 12.1 Å². The van der Waals surface area contributed by atoms with E-state index in [2.05, 4.69) is 0 Å². The molecule has 0 fully saturated rings. The first-order valence-electron chi connectivity index (χ1n) is 5.83. The van der Waals surface area contributed by atoms with Crippen LogP contribution >= 0.6 is 11.6 Å². The van der Waals surface area contributed by atoms with Gasteiger partial charge in [0.25, 0.3) is 0 Å². The summed E-state index contributed by atoms with van der Waals surface area (Å²) in [5.41, 5.74) is 2.66. The largest absolute Gasteiger partial charge is 0.416 e. The molecule has 0 aliphatic carbocycles. The summed E-state index contributed by atoms with van der Waals surface area (Å²) in [7, 11) is 0. The maximum atomic E-state index is 12.8. The molecule has 0 saturated carbocycles. The Hall–Kier alpha value is -1.89. The zero-order valence-corrected chi connectivity index (χ0v) is 11.4. The van der Waals surface area contributed by atoms with E-state index in [1.54, 1.807) is 0 Å². The normalized spacial score (nSPS) is 12.5. The number of benzene rings is 2. The van der Waals surface area contributed by atoms with Gasteiger partial charge in [0.15, 0.2) is 0 Å². The molecule has 0 aliphatic rings. The first kappa shape index (κ1) is 16.5. The Bertz CT molecular complexity index is 673. The van der Waals surface area contributed by atoms with Crippen LogP contribution in [0.2, 0.25) is 5.02 Å². The molecule has 0 unspecified atom stereocenters. The molecule has 0 amide bonds. The zero-order chi connectivity index (χ0) is 16.7. The van der Waals surface area contributed by atoms with Crippen LogP contribution < -0.4 is 5.73 Å². The quantitative estimate of drug-likeness (QED) is 0.529.